The minimum Gasteiger partial charge on any atom is -0.315 e. The molecule has 3 unspecified atom stereocenters. The molecule has 1 aliphatic heterocycles. The summed E-state index contributed by atoms with van der Waals surface area (Å²) in [5.74, 6) is 2.56. The zero-order valence-electron chi connectivity index (χ0n) is 11.2. The third kappa shape index (κ3) is 2.96. The molecule has 104 valence electrons. The minimum atomic E-state index is 0.511. The van der Waals surface area contributed by atoms with E-state index >= 15 is 0 Å². The Labute approximate surface area is 126 Å². The lowest BCUT2D eigenvalue weighted by atomic mass is 10.1. The summed E-state index contributed by atoms with van der Waals surface area (Å²) in [4.78, 5) is 5.81. The summed E-state index contributed by atoms with van der Waals surface area (Å²) in [6, 6.07) is 0.511. The van der Waals surface area contributed by atoms with Crippen LogP contribution in [-0.4, -0.2) is 44.5 Å². The second-order valence-electron chi connectivity index (χ2n) is 4.84. The van der Waals surface area contributed by atoms with E-state index in [1.165, 1.54) is 17.2 Å². The molecule has 2 aromatic rings. The molecule has 0 radical (unpaired) electrons. The second-order valence-corrected chi connectivity index (χ2v) is 8.48. The van der Waals surface area contributed by atoms with Crippen LogP contribution >= 0.6 is 34.9 Å². The summed E-state index contributed by atoms with van der Waals surface area (Å²) in [7, 11) is 2.08. The van der Waals surface area contributed by atoms with Crippen LogP contribution in [0.3, 0.4) is 0 Å². The topological polar surface area (TPSA) is 29.3 Å². The van der Waals surface area contributed by atoms with Crippen LogP contribution in [0.25, 0.3) is 4.96 Å². The Morgan fingerprint density at radius 1 is 1.47 bits per heavy atom. The summed E-state index contributed by atoms with van der Waals surface area (Å²) in [6.07, 6.45) is 5.27. The number of likely N-dealkylation sites (N-methyl/N-ethyl adjacent to an activating group) is 1. The number of hydrogen-bond donors (Lipinski definition) is 1. The smallest absolute Gasteiger partial charge is 0.193 e. The molecule has 0 aromatic carbocycles. The zero-order valence-corrected chi connectivity index (χ0v) is 13.7. The number of aromatic nitrogens is 2. The Morgan fingerprint density at radius 3 is 3.05 bits per heavy atom. The maximum absolute atomic E-state index is 4.71. The fourth-order valence-electron chi connectivity index (χ4n) is 2.57. The highest BCUT2D eigenvalue weighted by Crippen LogP contribution is 2.33. The number of imidazole rings is 1. The SMILES string of the molecule is CNC(Cc1cn2ccsc2n1)C1SCCSC1C. The fourth-order valence-corrected chi connectivity index (χ4v) is 6.29. The van der Waals surface area contributed by atoms with Gasteiger partial charge in [0.25, 0.3) is 0 Å². The molecule has 3 rings (SSSR count). The molecule has 6 heteroatoms. The molecular formula is C13H19N3S3. The van der Waals surface area contributed by atoms with Crippen LogP contribution in [-0.2, 0) is 6.42 Å². The highest BCUT2D eigenvalue weighted by molar-refractivity contribution is 8.07. The highest BCUT2D eigenvalue weighted by atomic mass is 32.2. The van der Waals surface area contributed by atoms with Crippen LogP contribution in [0.5, 0.6) is 0 Å². The van der Waals surface area contributed by atoms with E-state index in [0.717, 1.165) is 16.6 Å². The average Bonchev–Trinajstić information content (AvgIpc) is 2.97. The first-order chi connectivity index (χ1) is 9.28. The van der Waals surface area contributed by atoms with Gasteiger partial charge < -0.3 is 5.32 Å². The molecule has 19 heavy (non-hydrogen) atoms. The van der Waals surface area contributed by atoms with Gasteiger partial charge in [-0.15, -0.1) is 11.3 Å². The van der Waals surface area contributed by atoms with Gasteiger partial charge in [-0.3, -0.25) is 4.40 Å². The average molecular weight is 314 g/mol. The Morgan fingerprint density at radius 2 is 2.32 bits per heavy atom. The maximum Gasteiger partial charge on any atom is 0.193 e. The van der Waals surface area contributed by atoms with Crippen LogP contribution in [0.4, 0.5) is 0 Å². The molecular weight excluding hydrogens is 294 g/mol. The predicted octanol–water partition coefficient (Wildman–Crippen LogP) is 2.76. The van der Waals surface area contributed by atoms with Gasteiger partial charge in [-0.1, -0.05) is 6.92 Å². The molecule has 3 atom stereocenters. The fraction of sp³-hybridized carbons (Fsp3) is 0.615. The standard InChI is InChI=1S/C13H19N3S3/c1-9-12(18-6-5-17-9)11(14-2)7-10-8-16-3-4-19-13(16)15-10/h3-4,8-9,11-12,14H,5-7H2,1-2H3. The molecule has 3 heterocycles. The number of hydrogen-bond acceptors (Lipinski definition) is 5. The summed E-state index contributed by atoms with van der Waals surface area (Å²) in [5.41, 5.74) is 1.20. The molecule has 1 saturated heterocycles. The Bertz CT molecular complexity index is 507. The van der Waals surface area contributed by atoms with Crippen molar-refractivity contribution in [2.45, 2.75) is 29.9 Å². The Kier molecular flexibility index (Phi) is 4.41. The molecule has 0 aliphatic carbocycles. The van der Waals surface area contributed by atoms with Gasteiger partial charge in [0.15, 0.2) is 4.96 Å². The molecule has 0 spiro atoms. The van der Waals surface area contributed by atoms with Gasteiger partial charge in [-0.2, -0.15) is 23.5 Å². The third-order valence-electron chi connectivity index (χ3n) is 3.58. The first kappa shape index (κ1) is 13.8. The number of rotatable bonds is 4. The molecule has 2 aromatic heterocycles. The van der Waals surface area contributed by atoms with Crippen LogP contribution in [0.1, 0.15) is 12.6 Å². The molecule has 0 saturated carbocycles. The van der Waals surface area contributed by atoms with E-state index < -0.39 is 0 Å². The van der Waals surface area contributed by atoms with Crippen LogP contribution in [0.2, 0.25) is 0 Å². The lowest BCUT2D eigenvalue weighted by Crippen LogP contribution is -2.44. The summed E-state index contributed by atoms with van der Waals surface area (Å²) < 4.78 is 2.12. The largest absolute Gasteiger partial charge is 0.315 e. The first-order valence-electron chi connectivity index (χ1n) is 6.59. The van der Waals surface area contributed by atoms with Crippen molar-refractivity contribution in [3.63, 3.8) is 0 Å². The molecule has 1 fully saturated rings. The number of thioether (sulfide) groups is 2. The number of nitrogens with one attached hydrogen (secondary N) is 1. The zero-order chi connectivity index (χ0) is 13.2. The van der Waals surface area contributed by atoms with Crippen molar-refractivity contribution in [2.24, 2.45) is 0 Å². The first-order valence-corrected chi connectivity index (χ1v) is 9.57. The Balaban J connectivity index is 1.73. The van der Waals surface area contributed by atoms with E-state index in [-0.39, 0.29) is 0 Å². The van der Waals surface area contributed by atoms with Crippen LogP contribution in [0.15, 0.2) is 17.8 Å². The highest BCUT2D eigenvalue weighted by Gasteiger charge is 2.30. The van der Waals surface area contributed by atoms with E-state index in [2.05, 4.69) is 65.0 Å². The van der Waals surface area contributed by atoms with Gasteiger partial charge in [0.1, 0.15) is 0 Å². The van der Waals surface area contributed by atoms with Crippen LogP contribution in [0, 0.1) is 0 Å². The Hall–Kier alpha value is -0.170. The third-order valence-corrected chi connectivity index (χ3v) is 7.60. The summed E-state index contributed by atoms with van der Waals surface area (Å²) in [6.45, 7) is 2.36. The van der Waals surface area contributed by atoms with Gasteiger partial charge in [-0.25, -0.2) is 4.98 Å². The van der Waals surface area contributed by atoms with Crippen molar-refractivity contribution in [1.29, 1.82) is 0 Å². The molecule has 0 amide bonds. The van der Waals surface area contributed by atoms with E-state index in [9.17, 15) is 0 Å². The second kappa shape index (κ2) is 6.08. The van der Waals surface area contributed by atoms with E-state index in [1.54, 1.807) is 11.3 Å². The lowest BCUT2D eigenvalue weighted by Gasteiger charge is -2.34. The van der Waals surface area contributed by atoms with Crippen molar-refractivity contribution in [3.05, 3.63) is 23.5 Å². The summed E-state index contributed by atoms with van der Waals surface area (Å²) in [5, 5.41) is 6.99. The van der Waals surface area contributed by atoms with Crippen molar-refractivity contribution >= 4 is 39.8 Å². The molecule has 0 bridgehead atoms. The van der Waals surface area contributed by atoms with Crippen molar-refractivity contribution < 1.29 is 0 Å². The van der Waals surface area contributed by atoms with Crippen molar-refractivity contribution in [1.82, 2.24) is 14.7 Å². The van der Waals surface area contributed by atoms with Gasteiger partial charge >= 0.3 is 0 Å². The van der Waals surface area contributed by atoms with Crippen molar-refractivity contribution in [2.75, 3.05) is 18.6 Å². The van der Waals surface area contributed by atoms with Gasteiger partial charge in [0.2, 0.25) is 0 Å². The monoisotopic (exact) mass is 313 g/mol. The number of thiazole rings is 1. The number of nitrogens with zero attached hydrogens (tertiary/aromatic N) is 2. The lowest BCUT2D eigenvalue weighted by molar-refractivity contribution is 0.526. The summed E-state index contributed by atoms with van der Waals surface area (Å²) >= 11 is 5.92. The molecule has 3 nitrogen and oxygen atoms in total. The van der Waals surface area contributed by atoms with Gasteiger partial charge in [0.05, 0.1) is 5.69 Å². The van der Waals surface area contributed by atoms with Gasteiger partial charge in [0, 0.05) is 52.2 Å². The minimum absolute atomic E-state index is 0.511. The van der Waals surface area contributed by atoms with E-state index in [0.29, 0.717) is 11.3 Å². The van der Waals surface area contributed by atoms with Crippen LogP contribution < -0.4 is 5.32 Å². The number of fused-ring (bicyclic) bond motifs is 1. The molecule has 1 N–H and O–H groups in total. The van der Waals surface area contributed by atoms with Crippen molar-refractivity contribution in [3.8, 4) is 0 Å². The maximum atomic E-state index is 4.71. The van der Waals surface area contributed by atoms with E-state index in [1.807, 2.05) is 0 Å². The van der Waals surface area contributed by atoms with E-state index in [4.69, 9.17) is 4.98 Å². The normalized spacial score (nSPS) is 25.8. The molecule has 1 aliphatic rings. The quantitative estimate of drug-likeness (QED) is 0.940. The van der Waals surface area contributed by atoms with Gasteiger partial charge in [-0.05, 0) is 7.05 Å². The predicted molar refractivity (Wildman–Crippen MR) is 87.8 cm³/mol.